The molecule has 2 fully saturated rings. The van der Waals surface area contributed by atoms with Crippen LogP contribution >= 0.6 is 0 Å². The summed E-state index contributed by atoms with van der Waals surface area (Å²) in [5.74, 6) is -2.64. The Kier molecular flexibility index (Phi) is 2.80. The van der Waals surface area contributed by atoms with E-state index in [1.54, 1.807) is 4.90 Å². The smallest absolute Gasteiger partial charge is 0.263 e. The summed E-state index contributed by atoms with van der Waals surface area (Å²) in [6.07, 6.45) is -1.07. The molecule has 1 aliphatic heterocycles. The van der Waals surface area contributed by atoms with Crippen LogP contribution < -0.4 is 10.6 Å². The van der Waals surface area contributed by atoms with Crippen LogP contribution in [0.1, 0.15) is 24.8 Å². The van der Waals surface area contributed by atoms with Gasteiger partial charge in [0.05, 0.1) is 16.6 Å². The zero-order chi connectivity index (χ0) is 16.4. The van der Waals surface area contributed by atoms with E-state index < -0.39 is 17.8 Å². The molecule has 1 aromatic heterocycles. The molecule has 1 saturated carbocycles. The van der Waals surface area contributed by atoms with E-state index in [4.69, 9.17) is 5.73 Å². The number of aromatic nitrogens is 2. The minimum Gasteiger partial charge on any atom is -0.369 e. The standard InChI is InChI=1S/C15H14F4N4/c16-12(17)8-3-9-5-21-13(20)22-11(9)10(4-8)23-2-1-14(7-23)6-15(14,18)19/h3-5,12H,1-2,6-7H2,(H2,20,21,22). The van der Waals surface area contributed by atoms with E-state index in [1.165, 1.54) is 18.3 Å². The number of fused-ring (bicyclic) bond motifs is 1. The van der Waals surface area contributed by atoms with E-state index in [0.717, 1.165) is 0 Å². The molecule has 4 rings (SSSR count). The summed E-state index contributed by atoms with van der Waals surface area (Å²) in [5.41, 5.74) is 5.24. The maximum atomic E-state index is 13.6. The van der Waals surface area contributed by atoms with Crippen LogP contribution in [0.4, 0.5) is 29.2 Å². The van der Waals surface area contributed by atoms with Gasteiger partial charge in [0, 0.05) is 36.7 Å². The van der Waals surface area contributed by atoms with Crippen LogP contribution in [0.5, 0.6) is 0 Å². The highest BCUT2D eigenvalue weighted by molar-refractivity contribution is 5.92. The summed E-state index contributed by atoms with van der Waals surface area (Å²) in [7, 11) is 0. The molecule has 1 aliphatic carbocycles. The predicted molar refractivity (Wildman–Crippen MR) is 77.7 cm³/mol. The van der Waals surface area contributed by atoms with E-state index in [9.17, 15) is 17.6 Å². The molecule has 0 amide bonds. The SMILES string of the molecule is Nc1ncc2cc(C(F)F)cc(N3CCC4(C3)CC4(F)F)c2n1. The maximum absolute atomic E-state index is 13.6. The van der Waals surface area contributed by atoms with Gasteiger partial charge in [-0.2, -0.15) is 0 Å². The molecule has 23 heavy (non-hydrogen) atoms. The van der Waals surface area contributed by atoms with Crippen molar-refractivity contribution in [1.29, 1.82) is 0 Å². The first kappa shape index (κ1) is 14.5. The van der Waals surface area contributed by atoms with E-state index >= 15 is 0 Å². The molecular formula is C15H14F4N4. The van der Waals surface area contributed by atoms with Gasteiger partial charge in [0.25, 0.3) is 12.3 Å². The first-order chi connectivity index (χ1) is 10.8. The molecule has 8 heteroatoms. The highest BCUT2D eigenvalue weighted by Gasteiger charge is 2.72. The second kappa shape index (κ2) is 4.46. The molecule has 1 saturated heterocycles. The fourth-order valence-electron chi connectivity index (χ4n) is 3.43. The van der Waals surface area contributed by atoms with Gasteiger partial charge in [0.1, 0.15) is 0 Å². The van der Waals surface area contributed by atoms with Gasteiger partial charge in [-0.15, -0.1) is 0 Å². The minimum atomic E-state index is -2.66. The van der Waals surface area contributed by atoms with Crippen LogP contribution in [0, 0.1) is 5.41 Å². The Balaban J connectivity index is 1.81. The third-order valence-corrected chi connectivity index (χ3v) is 4.86. The van der Waals surface area contributed by atoms with E-state index in [1.807, 2.05) is 0 Å². The van der Waals surface area contributed by atoms with Crippen molar-refractivity contribution >= 4 is 22.5 Å². The van der Waals surface area contributed by atoms with Gasteiger partial charge in [-0.1, -0.05) is 0 Å². The van der Waals surface area contributed by atoms with Crippen molar-refractivity contribution in [2.45, 2.75) is 25.2 Å². The van der Waals surface area contributed by atoms with Gasteiger partial charge in [-0.3, -0.25) is 0 Å². The molecule has 2 aliphatic rings. The van der Waals surface area contributed by atoms with Gasteiger partial charge in [-0.25, -0.2) is 27.5 Å². The zero-order valence-corrected chi connectivity index (χ0v) is 12.1. The highest BCUT2D eigenvalue weighted by Crippen LogP contribution is 2.65. The topological polar surface area (TPSA) is 55.0 Å². The highest BCUT2D eigenvalue weighted by atomic mass is 19.3. The van der Waals surface area contributed by atoms with Gasteiger partial charge in [0.2, 0.25) is 5.95 Å². The van der Waals surface area contributed by atoms with Crippen LogP contribution in [-0.4, -0.2) is 29.0 Å². The summed E-state index contributed by atoms with van der Waals surface area (Å²) in [5, 5.41) is 0.426. The molecule has 2 N–H and O–H groups in total. The summed E-state index contributed by atoms with van der Waals surface area (Å²) >= 11 is 0. The van der Waals surface area contributed by atoms with Crippen LogP contribution in [0.15, 0.2) is 18.3 Å². The molecule has 2 heterocycles. The lowest BCUT2D eigenvalue weighted by Gasteiger charge is -2.21. The van der Waals surface area contributed by atoms with Crippen molar-refractivity contribution < 1.29 is 17.6 Å². The van der Waals surface area contributed by atoms with Gasteiger partial charge >= 0.3 is 0 Å². The van der Waals surface area contributed by atoms with Crippen molar-refractivity contribution in [3.05, 3.63) is 23.9 Å². The first-order valence-corrected chi connectivity index (χ1v) is 7.28. The third kappa shape index (κ3) is 2.11. The average molecular weight is 326 g/mol. The lowest BCUT2D eigenvalue weighted by molar-refractivity contribution is 0.0711. The van der Waals surface area contributed by atoms with Crippen molar-refractivity contribution in [2.24, 2.45) is 5.41 Å². The van der Waals surface area contributed by atoms with Crippen molar-refractivity contribution in [3.8, 4) is 0 Å². The molecule has 122 valence electrons. The normalized spacial score (nSPS) is 25.7. The van der Waals surface area contributed by atoms with Crippen molar-refractivity contribution in [3.63, 3.8) is 0 Å². The number of nitrogens with zero attached hydrogens (tertiary/aromatic N) is 3. The molecular weight excluding hydrogens is 312 g/mol. The van der Waals surface area contributed by atoms with E-state index in [-0.39, 0.29) is 24.5 Å². The Labute approximate surface area is 129 Å². The van der Waals surface area contributed by atoms with E-state index in [2.05, 4.69) is 9.97 Å². The average Bonchev–Trinajstić information content (AvgIpc) is 2.82. The molecule has 1 atom stereocenters. The van der Waals surface area contributed by atoms with E-state index in [0.29, 0.717) is 29.6 Å². The van der Waals surface area contributed by atoms with Crippen molar-refractivity contribution in [1.82, 2.24) is 9.97 Å². The largest absolute Gasteiger partial charge is 0.369 e. The van der Waals surface area contributed by atoms with Gasteiger partial charge in [0.15, 0.2) is 0 Å². The third-order valence-electron chi connectivity index (χ3n) is 4.86. The molecule has 1 unspecified atom stereocenters. The molecule has 1 spiro atoms. The Morgan fingerprint density at radius 1 is 1.26 bits per heavy atom. The Bertz CT molecular complexity index is 794. The Hall–Kier alpha value is -2.12. The second-order valence-corrected chi connectivity index (χ2v) is 6.34. The monoisotopic (exact) mass is 326 g/mol. The van der Waals surface area contributed by atoms with Crippen molar-refractivity contribution in [2.75, 3.05) is 23.7 Å². The number of nitrogen functional groups attached to an aromatic ring is 1. The second-order valence-electron chi connectivity index (χ2n) is 6.34. The molecule has 1 aromatic carbocycles. The number of nitrogens with two attached hydrogens (primary N) is 1. The number of hydrogen-bond donors (Lipinski definition) is 1. The summed E-state index contributed by atoms with van der Waals surface area (Å²) in [6, 6.07) is 2.62. The van der Waals surface area contributed by atoms with Gasteiger partial charge < -0.3 is 10.6 Å². The number of hydrogen-bond acceptors (Lipinski definition) is 4. The predicted octanol–water partition coefficient (Wildman–Crippen LogP) is 3.39. The molecule has 2 aromatic rings. The minimum absolute atomic E-state index is 0.0224. The lowest BCUT2D eigenvalue weighted by atomic mass is 10.1. The number of rotatable bonds is 2. The fourth-order valence-corrected chi connectivity index (χ4v) is 3.43. The quantitative estimate of drug-likeness (QED) is 0.860. The summed E-state index contributed by atoms with van der Waals surface area (Å²) in [4.78, 5) is 9.65. The number of benzene rings is 1. The first-order valence-electron chi connectivity index (χ1n) is 7.28. The number of anilines is 2. The maximum Gasteiger partial charge on any atom is 0.263 e. The van der Waals surface area contributed by atoms with Crippen LogP contribution in [0.2, 0.25) is 0 Å². The van der Waals surface area contributed by atoms with Crippen LogP contribution in [0.25, 0.3) is 10.9 Å². The fraction of sp³-hybridized carbons (Fsp3) is 0.467. The Morgan fingerprint density at radius 2 is 2.00 bits per heavy atom. The number of halogens is 4. The molecule has 0 radical (unpaired) electrons. The van der Waals surface area contributed by atoms with Crippen LogP contribution in [-0.2, 0) is 0 Å². The number of alkyl halides is 4. The summed E-state index contributed by atoms with van der Waals surface area (Å²) < 4.78 is 53.4. The summed E-state index contributed by atoms with van der Waals surface area (Å²) in [6.45, 7) is 0.535. The zero-order valence-electron chi connectivity index (χ0n) is 12.1. The van der Waals surface area contributed by atoms with Gasteiger partial charge in [-0.05, 0) is 18.6 Å². The lowest BCUT2D eigenvalue weighted by Crippen LogP contribution is -2.23. The Morgan fingerprint density at radius 3 is 2.61 bits per heavy atom. The van der Waals surface area contributed by atoms with Crippen LogP contribution in [0.3, 0.4) is 0 Å². The molecule has 0 bridgehead atoms. The molecule has 4 nitrogen and oxygen atoms in total.